The molecule has 0 aliphatic carbocycles. The van der Waals surface area contributed by atoms with Gasteiger partial charge in [-0.2, -0.15) is 0 Å². The van der Waals surface area contributed by atoms with Gasteiger partial charge in [0, 0.05) is 37.8 Å². The van der Waals surface area contributed by atoms with Gasteiger partial charge in [0.2, 0.25) is 0 Å². The van der Waals surface area contributed by atoms with Crippen molar-refractivity contribution in [3.05, 3.63) is 53.6 Å². The molecular weight excluding hydrogens is 396 g/mol. The van der Waals surface area contributed by atoms with Gasteiger partial charge in [0.05, 0.1) is 14.2 Å². The van der Waals surface area contributed by atoms with Crippen molar-refractivity contribution in [1.29, 1.82) is 0 Å². The SMILES string of the molecule is CCc1ccccc1OCC(=O)N1CCCN(C(=O)c2cc(OC)cc(OC)c2)CC1. The van der Waals surface area contributed by atoms with E-state index < -0.39 is 0 Å². The molecule has 0 unspecified atom stereocenters. The largest absolute Gasteiger partial charge is 0.497 e. The van der Waals surface area contributed by atoms with Crippen molar-refractivity contribution in [1.82, 2.24) is 9.80 Å². The minimum Gasteiger partial charge on any atom is -0.497 e. The third kappa shape index (κ3) is 5.69. The highest BCUT2D eigenvalue weighted by atomic mass is 16.5. The van der Waals surface area contributed by atoms with Crippen LogP contribution in [0.25, 0.3) is 0 Å². The standard InChI is InChI=1S/C24H30N2O5/c1-4-18-8-5-6-9-22(18)31-17-23(27)25-10-7-11-26(13-12-25)24(28)19-14-20(29-2)16-21(15-19)30-3/h5-6,8-9,14-16H,4,7,10-13,17H2,1-3H3. The summed E-state index contributed by atoms with van der Waals surface area (Å²) in [6, 6.07) is 12.9. The summed E-state index contributed by atoms with van der Waals surface area (Å²) < 4.78 is 16.3. The fourth-order valence-corrected chi connectivity index (χ4v) is 3.65. The zero-order valence-electron chi connectivity index (χ0n) is 18.4. The normalized spacial score (nSPS) is 14.0. The highest BCUT2D eigenvalue weighted by Gasteiger charge is 2.24. The van der Waals surface area contributed by atoms with Crippen LogP contribution in [-0.2, 0) is 11.2 Å². The van der Waals surface area contributed by atoms with Crippen LogP contribution in [0.5, 0.6) is 17.2 Å². The van der Waals surface area contributed by atoms with Crippen molar-refractivity contribution in [2.45, 2.75) is 19.8 Å². The molecule has 7 heteroatoms. The lowest BCUT2D eigenvalue weighted by Crippen LogP contribution is -2.39. The quantitative estimate of drug-likeness (QED) is 0.681. The van der Waals surface area contributed by atoms with Gasteiger partial charge in [0.15, 0.2) is 6.61 Å². The molecule has 7 nitrogen and oxygen atoms in total. The van der Waals surface area contributed by atoms with Crippen LogP contribution in [-0.4, -0.2) is 68.6 Å². The second-order valence-corrected chi connectivity index (χ2v) is 7.38. The molecule has 2 amide bonds. The van der Waals surface area contributed by atoms with E-state index in [1.165, 1.54) is 0 Å². The number of nitrogens with zero attached hydrogens (tertiary/aromatic N) is 2. The van der Waals surface area contributed by atoms with Crippen molar-refractivity contribution >= 4 is 11.8 Å². The molecule has 31 heavy (non-hydrogen) atoms. The van der Waals surface area contributed by atoms with Crippen LogP contribution >= 0.6 is 0 Å². The van der Waals surface area contributed by atoms with Crippen LogP contribution in [0.3, 0.4) is 0 Å². The molecule has 2 aromatic rings. The zero-order chi connectivity index (χ0) is 22.2. The van der Waals surface area contributed by atoms with Gasteiger partial charge in [-0.25, -0.2) is 0 Å². The zero-order valence-corrected chi connectivity index (χ0v) is 18.4. The van der Waals surface area contributed by atoms with Crippen LogP contribution in [0.1, 0.15) is 29.3 Å². The van der Waals surface area contributed by atoms with Gasteiger partial charge in [-0.05, 0) is 36.6 Å². The summed E-state index contributed by atoms with van der Waals surface area (Å²) >= 11 is 0. The lowest BCUT2D eigenvalue weighted by Gasteiger charge is -2.23. The van der Waals surface area contributed by atoms with Crippen LogP contribution in [0, 0.1) is 0 Å². The summed E-state index contributed by atoms with van der Waals surface area (Å²) in [6.07, 6.45) is 1.56. The van der Waals surface area contributed by atoms with Gasteiger partial charge in [0.1, 0.15) is 17.2 Å². The first-order valence-corrected chi connectivity index (χ1v) is 10.6. The van der Waals surface area contributed by atoms with E-state index in [2.05, 4.69) is 6.92 Å². The summed E-state index contributed by atoms with van der Waals surface area (Å²) in [4.78, 5) is 29.3. The summed E-state index contributed by atoms with van der Waals surface area (Å²) in [7, 11) is 3.11. The van der Waals surface area contributed by atoms with Gasteiger partial charge in [0.25, 0.3) is 11.8 Å². The molecule has 1 aliphatic rings. The number of amides is 2. The lowest BCUT2D eigenvalue weighted by atomic mass is 10.1. The van der Waals surface area contributed by atoms with Gasteiger partial charge in [-0.15, -0.1) is 0 Å². The molecular formula is C24H30N2O5. The maximum Gasteiger partial charge on any atom is 0.260 e. The molecule has 0 N–H and O–H groups in total. The van der Waals surface area contributed by atoms with Crippen molar-refractivity contribution in [3.63, 3.8) is 0 Å². The number of para-hydroxylation sites is 1. The van der Waals surface area contributed by atoms with E-state index in [1.54, 1.807) is 42.2 Å². The highest BCUT2D eigenvalue weighted by Crippen LogP contribution is 2.24. The highest BCUT2D eigenvalue weighted by molar-refractivity contribution is 5.95. The second kappa shape index (κ2) is 10.7. The van der Waals surface area contributed by atoms with E-state index in [-0.39, 0.29) is 18.4 Å². The smallest absolute Gasteiger partial charge is 0.260 e. The fourth-order valence-electron chi connectivity index (χ4n) is 3.65. The third-order valence-corrected chi connectivity index (χ3v) is 5.44. The van der Waals surface area contributed by atoms with E-state index in [0.29, 0.717) is 49.7 Å². The molecule has 3 rings (SSSR count). The number of methoxy groups -OCH3 is 2. The molecule has 0 radical (unpaired) electrons. The first-order chi connectivity index (χ1) is 15.0. The van der Waals surface area contributed by atoms with E-state index in [1.807, 2.05) is 24.3 Å². The van der Waals surface area contributed by atoms with Gasteiger partial charge < -0.3 is 24.0 Å². The Hall–Kier alpha value is -3.22. The topological polar surface area (TPSA) is 68.3 Å². The predicted molar refractivity (Wildman–Crippen MR) is 118 cm³/mol. The van der Waals surface area contributed by atoms with Crippen LogP contribution in [0.4, 0.5) is 0 Å². The van der Waals surface area contributed by atoms with E-state index >= 15 is 0 Å². The van der Waals surface area contributed by atoms with Crippen molar-refractivity contribution in [2.24, 2.45) is 0 Å². The Morgan fingerprint density at radius 3 is 2.23 bits per heavy atom. The molecule has 1 saturated heterocycles. The summed E-state index contributed by atoms with van der Waals surface area (Å²) in [6.45, 7) is 4.19. The fraction of sp³-hybridized carbons (Fsp3) is 0.417. The first-order valence-electron chi connectivity index (χ1n) is 10.6. The molecule has 0 saturated carbocycles. The second-order valence-electron chi connectivity index (χ2n) is 7.38. The number of carbonyl (C=O) groups is 2. The molecule has 1 heterocycles. The Morgan fingerprint density at radius 1 is 0.903 bits per heavy atom. The summed E-state index contributed by atoms with van der Waals surface area (Å²) in [5, 5.41) is 0. The molecule has 1 fully saturated rings. The number of carbonyl (C=O) groups excluding carboxylic acids is 2. The average molecular weight is 427 g/mol. The average Bonchev–Trinajstić information content (AvgIpc) is 3.08. The number of rotatable bonds is 7. The van der Waals surface area contributed by atoms with Gasteiger partial charge in [-0.3, -0.25) is 9.59 Å². The molecule has 166 valence electrons. The minimum absolute atomic E-state index is 0.00194. The minimum atomic E-state index is -0.0976. The van der Waals surface area contributed by atoms with Crippen molar-refractivity contribution in [2.75, 3.05) is 47.0 Å². The van der Waals surface area contributed by atoms with Crippen LogP contribution < -0.4 is 14.2 Å². The number of ether oxygens (including phenoxy) is 3. The number of aryl methyl sites for hydroxylation is 1. The molecule has 0 atom stereocenters. The van der Waals surface area contributed by atoms with E-state index in [9.17, 15) is 9.59 Å². The van der Waals surface area contributed by atoms with Crippen molar-refractivity contribution in [3.8, 4) is 17.2 Å². The molecule has 2 aromatic carbocycles. The molecule has 1 aliphatic heterocycles. The molecule has 0 aromatic heterocycles. The first kappa shape index (κ1) is 22.5. The Morgan fingerprint density at radius 2 is 1.55 bits per heavy atom. The Labute approximate surface area is 183 Å². The van der Waals surface area contributed by atoms with Crippen LogP contribution in [0.2, 0.25) is 0 Å². The number of hydrogen-bond donors (Lipinski definition) is 0. The number of hydrogen-bond acceptors (Lipinski definition) is 5. The lowest BCUT2D eigenvalue weighted by molar-refractivity contribution is -0.133. The Balaban J connectivity index is 1.59. The Bertz CT molecular complexity index is 892. The summed E-state index contributed by atoms with van der Waals surface area (Å²) in [5.74, 6) is 1.72. The Kier molecular flexibility index (Phi) is 7.76. The summed E-state index contributed by atoms with van der Waals surface area (Å²) in [5.41, 5.74) is 1.59. The molecule has 0 spiro atoms. The van der Waals surface area contributed by atoms with E-state index in [0.717, 1.165) is 17.7 Å². The third-order valence-electron chi connectivity index (χ3n) is 5.44. The number of benzene rings is 2. The van der Waals surface area contributed by atoms with Crippen molar-refractivity contribution < 1.29 is 23.8 Å². The van der Waals surface area contributed by atoms with Crippen LogP contribution in [0.15, 0.2) is 42.5 Å². The molecule has 0 bridgehead atoms. The maximum absolute atomic E-state index is 13.0. The van der Waals surface area contributed by atoms with Gasteiger partial charge >= 0.3 is 0 Å². The maximum atomic E-state index is 13.0. The monoisotopic (exact) mass is 426 g/mol. The van der Waals surface area contributed by atoms with E-state index in [4.69, 9.17) is 14.2 Å². The van der Waals surface area contributed by atoms with Gasteiger partial charge in [-0.1, -0.05) is 25.1 Å². The predicted octanol–water partition coefficient (Wildman–Crippen LogP) is 3.02.